The maximum atomic E-state index is 12.7. The molecule has 156 valence electrons. The Hall–Kier alpha value is -2.76. The van der Waals surface area contributed by atoms with Gasteiger partial charge in [-0.2, -0.15) is 13.2 Å². The van der Waals surface area contributed by atoms with Crippen LogP contribution >= 0.6 is 0 Å². The molecule has 0 aromatic heterocycles. The number of hydrogen-bond acceptors (Lipinski definition) is 6. The molecule has 0 heterocycles. The summed E-state index contributed by atoms with van der Waals surface area (Å²) in [6.45, 7) is -0.810. The average molecular weight is 431 g/mol. The third-order valence-electron chi connectivity index (χ3n) is 3.81. The summed E-state index contributed by atoms with van der Waals surface area (Å²) in [5.74, 6) is -1.85. The Labute approximate surface area is 164 Å². The van der Waals surface area contributed by atoms with Crippen molar-refractivity contribution >= 4 is 21.8 Å². The number of Topliss-reactive ketones (excluding diaryl/α,β-unsaturated/α-hetero) is 1. The van der Waals surface area contributed by atoms with Crippen LogP contribution in [0.3, 0.4) is 0 Å². The summed E-state index contributed by atoms with van der Waals surface area (Å²) in [6, 6.07) is 8.52. The molecule has 2 rings (SSSR count). The van der Waals surface area contributed by atoms with Crippen LogP contribution in [0.2, 0.25) is 0 Å². The second kappa shape index (κ2) is 8.72. The molecule has 0 aliphatic carbocycles. The van der Waals surface area contributed by atoms with E-state index in [0.29, 0.717) is 10.5 Å². The molecule has 0 bridgehead atoms. The zero-order valence-corrected chi connectivity index (χ0v) is 16.1. The number of hydroxylamine groups is 1. The highest BCUT2D eigenvalue weighted by molar-refractivity contribution is 7.89. The molecule has 0 amide bonds. The highest BCUT2D eigenvalue weighted by Crippen LogP contribution is 2.29. The fraction of sp³-hybridized carbons (Fsp3) is 0.222. The molecule has 11 heteroatoms. The lowest BCUT2D eigenvalue weighted by molar-refractivity contribution is -0.137. The zero-order valence-electron chi connectivity index (χ0n) is 15.3. The minimum atomic E-state index is -4.62. The molecule has 0 spiro atoms. The topological polar surface area (TPSA) is 90.0 Å². The summed E-state index contributed by atoms with van der Waals surface area (Å²) in [7, 11) is -1.70. The molecule has 2 aromatic carbocycles. The Balaban J connectivity index is 2.12. The van der Waals surface area contributed by atoms with Crippen LogP contribution in [0.25, 0.3) is 0 Å². The Morgan fingerprint density at radius 3 is 2.28 bits per heavy atom. The lowest BCUT2D eigenvalue weighted by Gasteiger charge is -2.14. The smallest absolute Gasteiger partial charge is 0.416 e. The number of halogens is 3. The van der Waals surface area contributed by atoms with Crippen molar-refractivity contribution in [1.29, 1.82) is 0 Å². The highest BCUT2D eigenvalue weighted by Gasteiger charge is 2.31. The van der Waals surface area contributed by atoms with Gasteiger partial charge in [-0.3, -0.25) is 9.63 Å². The van der Waals surface area contributed by atoms with Gasteiger partial charge < -0.3 is 4.74 Å². The van der Waals surface area contributed by atoms with Gasteiger partial charge in [0.15, 0.2) is 12.4 Å². The third kappa shape index (κ3) is 5.40. The van der Waals surface area contributed by atoms with Crippen molar-refractivity contribution < 1.29 is 40.8 Å². The number of carbonyl (C=O) groups excluding carboxylic acids is 2. The number of ketones is 1. The number of sulfonamides is 1. The van der Waals surface area contributed by atoms with E-state index in [1.54, 1.807) is 0 Å². The standard InChI is InChI=1S/C18H16F3NO6S/c1-22(27-2)29(25,26)15-8-4-6-13(10-15)17(24)28-11-16(23)12-5-3-7-14(9-12)18(19,20)21/h3-10H,11H2,1-2H3. The van der Waals surface area contributed by atoms with E-state index in [0.717, 1.165) is 32.4 Å². The predicted molar refractivity (Wildman–Crippen MR) is 94.5 cm³/mol. The van der Waals surface area contributed by atoms with E-state index in [-0.39, 0.29) is 16.0 Å². The molecule has 0 unspecified atom stereocenters. The van der Waals surface area contributed by atoms with Crippen molar-refractivity contribution in [2.45, 2.75) is 11.1 Å². The van der Waals surface area contributed by atoms with Crippen molar-refractivity contribution in [3.63, 3.8) is 0 Å². The molecule has 2 aromatic rings. The first-order valence-electron chi connectivity index (χ1n) is 7.97. The average Bonchev–Trinajstić information content (AvgIpc) is 2.70. The van der Waals surface area contributed by atoms with Crippen molar-refractivity contribution in [1.82, 2.24) is 4.47 Å². The van der Waals surface area contributed by atoms with Crippen LogP contribution in [-0.4, -0.2) is 45.4 Å². The maximum Gasteiger partial charge on any atom is 0.416 e. The van der Waals surface area contributed by atoms with Gasteiger partial charge in [-0.05, 0) is 30.3 Å². The van der Waals surface area contributed by atoms with Gasteiger partial charge in [0.2, 0.25) is 0 Å². The summed E-state index contributed by atoms with van der Waals surface area (Å²) in [4.78, 5) is 28.6. The fourth-order valence-electron chi connectivity index (χ4n) is 2.20. The molecular formula is C18H16F3NO6S. The Morgan fingerprint density at radius 1 is 1.03 bits per heavy atom. The number of ether oxygens (including phenoxy) is 1. The van der Waals surface area contributed by atoms with Crippen molar-refractivity contribution in [2.75, 3.05) is 20.8 Å². The van der Waals surface area contributed by atoms with Crippen LogP contribution in [0, 0.1) is 0 Å². The van der Waals surface area contributed by atoms with Gasteiger partial charge in [0.05, 0.1) is 23.1 Å². The minimum Gasteiger partial charge on any atom is -0.454 e. The van der Waals surface area contributed by atoms with E-state index in [4.69, 9.17) is 4.74 Å². The van der Waals surface area contributed by atoms with Gasteiger partial charge in [-0.1, -0.05) is 22.7 Å². The molecule has 0 N–H and O–H groups in total. The highest BCUT2D eigenvalue weighted by atomic mass is 32.2. The lowest BCUT2D eigenvalue weighted by Crippen LogP contribution is -2.26. The number of benzene rings is 2. The summed E-state index contributed by atoms with van der Waals surface area (Å²) in [5.41, 5.74) is -1.44. The molecule has 0 saturated carbocycles. The van der Waals surface area contributed by atoms with Crippen LogP contribution in [-0.2, 0) is 25.8 Å². The molecule has 0 aliphatic rings. The Morgan fingerprint density at radius 2 is 1.66 bits per heavy atom. The molecule has 0 radical (unpaired) electrons. The first-order chi connectivity index (χ1) is 13.5. The number of rotatable bonds is 7. The molecule has 29 heavy (non-hydrogen) atoms. The fourth-order valence-corrected chi connectivity index (χ4v) is 3.22. The number of alkyl halides is 3. The SMILES string of the molecule is CON(C)S(=O)(=O)c1cccc(C(=O)OCC(=O)c2cccc(C(F)(F)F)c2)c1. The van der Waals surface area contributed by atoms with Crippen LogP contribution in [0.5, 0.6) is 0 Å². The van der Waals surface area contributed by atoms with Crippen LogP contribution in [0.4, 0.5) is 13.2 Å². The third-order valence-corrected chi connectivity index (χ3v) is 5.49. The van der Waals surface area contributed by atoms with Crippen molar-refractivity contribution in [3.8, 4) is 0 Å². The normalized spacial score (nSPS) is 12.1. The van der Waals surface area contributed by atoms with Crippen LogP contribution in [0.15, 0.2) is 53.4 Å². The monoisotopic (exact) mass is 431 g/mol. The van der Waals surface area contributed by atoms with Gasteiger partial charge in [-0.15, -0.1) is 0 Å². The summed E-state index contributed by atoms with van der Waals surface area (Å²) < 4.78 is 68.0. The predicted octanol–water partition coefficient (Wildman–Crippen LogP) is 2.93. The van der Waals surface area contributed by atoms with E-state index >= 15 is 0 Å². The Bertz CT molecular complexity index is 1020. The first kappa shape index (κ1) is 22.5. The second-order valence-corrected chi connectivity index (χ2v) is 7.64. The second-order valence-electron chi connectivity index (χ2n) is 5.70. The number of esters is 1. The maximum absolute atomic E-state index is 12.7. The minimum absolute atomic E-state index is 0.160. The Kier molecular flexibility index (Phi) is 6.77. The van der Waals surface area contributed by atoms with Gasteiger partial charge in [0.1, 0.15) is 0 Å². The molecular weight excluding hydrogens is 415 g/mol. The van der Waals surface area contributed by atoms with Crippen LogP contribution in [0.1, 0.15) is 26.3 Å². The molecule has 7 nitrogen and oxygen atoms in total. The molecule has 0 fully saturated rings. The first-order valence-corrected chi connectivity index (χ1v) is 9.41. The van der Waals surface area contributed by atoms with Gasteiger partial charge >= 0.3 is 12.1 Å². The number of hydrogen-bond donors (Lipinski definition) is 0. The summed E-state index contributed by atoms with van der Waals surface area (Å²) >= 11 is 0. The van der Waals surface area contributed by atoms with Crippen LogP contribution < -0.4 is 0 Å². The largest absolute Gasteiger partial charge is 0.454 e. The van der Waals surface area contributed by atoms with Gasteiger partial charge in [0.25, 0.3) is 10.0 Å². The molecule has 0 atom stereocenters. The van der Waals surface area contributed by atoms with E-state index in [9.17, 15) is 31.2 Å². The quantitative estimate of drug-likeness (QED) is 0.380. The van der Waals surface area contributed by atoms with Crippen molar-refractivity contribution in [3.05, 3.63) is 65.2 Å². The van der Waals surface area contributed by atoms with E-state index < -0.39 is 40.1 Å². The van der Waals surface area contributed by atoms with Gasteiger partial charge in [-0.25, -0.2) is 13.2 Å². The van der Waals surface area contributed by atoms with E-state index in [1.165, 1.54) is 24.3 Å². The summed E-state index contributed by atoms with van der Waals surface area (Å²) in [5, 5.41) is 0. The lowest BCUT2D eigenvalue weighted by atomic mass is 10.1. The van der Waals surface area contributed by atoms with E-state index in [2.05, 4.69) is 4.84 Å². The number of carbonyl (C=O) groups is 2. The molecule has 0 aliphatic heterocycles. The van der Waals surface area contributed by atoms with Gasteiger partial charge in [0, 0.05) is 12.6 Å². The summed E-state index contributed by atoms with van der Waals surface area (Å²) in [6.07, 6.45) is -4.62. The van der Waals surface area contributed by atoms with Crippen molar-refractivity contribution in [2.24, 2.45) is 0 Å². The molecule has 0 saturated heterocycles. The van der Waals surface area contributed by atoms with E-state index in [1.807, 2.05) is 0 Å². The zero-order chi connectivity index (χ0) is 21.8. The number of nitrogens with zero attached hydrogens (tertiary/aromatic N) is 1.